The van der Waals surface area contributed by atoms with Crippen LogP contribution in [0.5, 0.6) is 0 Å². The minimum Gasteiger partial charge on any atom is -0.444 e. The minimum atomic E-state index is -0.243. The van der Waals surface area contributed by atoms with Crippen molar-refractivity contribution < 1.29 is 9.21 Å². The van der Waals surface area contributed by atoms with Gasteiger partial charge in [0.1, 0.15) is 5.65 Å². The molecule has 1 N–H and O–H groups in total. The first kappa shape index (κ1) is 14.2. The number of hydrogen-bond acceptors (Lipinski definition) is 3. The van der Waals surface area contributed by atoms with Gasteiger partial charge >= 0.3 is 0 Å². The molecule has 108 valence electrons. The summed E-state index contributed by atoms with van der Waals surface area (Å²) >= 11 is 9.08. The van der Waals surface area contributed by atoms with Crippen LogP contribution in [0.1, 0.15) is 16.2 Å². The van der Waals surface area contributed by atoms with E-state index in [0.29, 0.717) is 22.7 Å². The topological polar surface area (TPSA) is 59.5 Å². The second-order valence-electron chi connectivity index (χ2n) is 4.45. The zero-order valence-corrected chi connectivity index (χ0v) is 13.2. The summed E-state index contributed by atoms with van der Waals surface area (Å²) in [6, 6.07) is 6.95. The Morgan fingerprint density at radius 3 is 2.95 bits per heavy atom. The van der Waals surface area contributed by atoms with E-state index in [1.807, 2.05) is 16.7 Å². The molecule has 0 radical (unpaired) electrons. The van der Waals surface area contributed by atoms with Gasteiger partial charge in [0.25, 0.3) is 5.91 Å². The van der Waals surface area contributed by atoms with E-state index in [0.717, 1.165) is 11.3 Å². The third kappa shape index (κ3) is 3.28. The smallest absolute Gasteiger partial charge is 0.287 e. The van der Waals surface area contributed by atoms with Crippen molar-refractivity contribution >= 4 is 39.1 Å². The number of furan rings is 1. The highest BCUT2D eigenvalue weighted by molar-refractivity contribution is 9.10. The molecule has 1 amide bonds. The van der Waals surface area contributed by atoms with Crippen LogP contribution in [-0.2, 0) is 6.42 Å². The van der Waals surface area contributed by atoms with E-state index in [1.54, 1.807) is 24.4 Å². The summed E-state index contributed by atoms with van der Waals surface area (Å²) in [5.41, 5.74) is 1.72. The maximum absolute atomic E-state index is 11.8. The Balaban J connectivity index is 1.60. The van der Waals surface area contributed by atoms with Gasteiger partial charge in [-0.05, 0) is 40.2 Å². The van der Waals surface area contributed by atoms with Crippen molar-refractivity contribution in [1.29, 1.82) is 0 Å². The summed E-state index contributed by atoms with van der Waals surface area (Å²) in [4.78, 5) is 16.2. The van der Waals surface area contributed by atoms with E-state index >= 15 is 0 Å². The first-order valence-electron chi connectivity index (χ1n) is 6.28. The number of hydrogen-bond donors (Lipinski definition) is 1. The summed E-state index contributed by atoms with van der Waals surface area (Å²) in [5.74, 6) is 0.0381. The largest absolute Gasteiger partial charge is 0.444 e. The number of carbonyl (C=O) groups excluding carboxylic acids is 1. The molecule has 3 aromatic rings. The lowest BCUT2D eigenvalue weighted by Crippen LogP contribution is -2.25. The van der Waals surface area contributed by atoms with Crippen molar-refractivity contribution in [2.75, 3.05) is 6.54 Å². The molecule has 7 heteroatoms. The average Bonchev–Trinajstić information content (AvgIpc) is 3.04. The summed E-state index contributed by atoms with van der Waals surface area (Å²) in [6.07, 6.45) is 4.33. The molecule has 3 aromatic heterocycles. The fourth-order valence-electron chi connectivity index (χ4n) is 1.97. The van der Waals surface area contributed by atoms with E-state index < -0.39 is 0 Å². The molecule has 3 heterocycles. The van der Waals surface area contributed by atoms with E-state index in [2.05, 4.69) is 26.2 Å². The van der Waals surface area contributed by atoms with Gasteiger partial charge in [-0.25, -0.2) is 4.98 Å². The van der Waals surface area contributed by atoms with Crippen molar-refractivity contribution in [2.45, 2.75) is 6.42 Å². The Kier molecular flexibility index (Phi) is 3.98. The predicted molar refractivity (Wildman–Crippen MR) is 82.6 cm³/mol. The molecule has 0 aliphatic carbocycles. The van der Waals surface area contributed by atoms with Gasteiger partial charge in [0, 0.05) is 25.4 Å². The standard InChI is InChI=1S/C14H11BrClN3O2/c15-12-3-2-11(21-12)14(20)17-6-5-10-8-19-7-9(16)1-4-13(19)18-10/h1-4,7-8H,5-6H2,(H,17,20). The van der Waals surface area contributed by atoms with E-state index in [9.17, 15) is 4.79 Å². The second kappa shape index (κ2) is 5.91. The molecule has 0 fully saturated rings. The van der Waals surface area contributed by atoms with Crippen LogP contribution in [0.15, 0.2) is 45.7 Å². The molecule has 0 spiro atoms. The maximum Gasteiger partial charge on any atom is 0.287 e. The van der Waals surface area contributed by atoms with Crippen molar-refractivity contribution in [1.82, 2.24) is 14.7 Å². The van der Waals surface area contributed by atoms with E-state index in [1.165, 1.54) is 0 Å². The van der Waals surface area contributed by atoms with Gasteiger partial charge in [0.15, 0.2) is 10.4 Å². The monoisotopic (exact) mass is 367 g/mol. The quantitative estimate of drug-likeness (QED) is 0.768. The van der Waals surface area contributed by atoms with Gasteiger partial charge < -0.3 is 14.1 Å². The SMILES string of the molecule is O=C(NCCc1cn2cc(Cl)ccc2n1)c1ccc(Br)o1. The highest BCUT2D eigenvalue weighted by Gasteiger charge is 2.10. The molecule has 0 bridgehead atoms. The third-order valence-electron chi connectivity index (χ3n) is 2.93. The molecule has 21 heavy (non-hydrogen) atoms. The molecule has 0 unspecified atom stereocenters. The van der Waals surface area contributed by atoms with Gasteiger partial charge in [-0.2, -0.15) is 0 Å². The Morgan fingerprint density at radius 2 is 2.19 bits per heavy atom. The van der Waals surface area contributed by atoms with Crippen LogP contribution >= 0.6 is 27.5 Å². The van der Waals surface area contributed by atoms with Gasteiger partial charge in [-0.15, -0.1) is 0 Å². The number of nitrogens with zero attached hydrogens (tertiary/aromatic N) is 2. The third-order valence-corrected chi connectivity index (χ3v) is 3.58. The van der Waals surface area contributed by atoms with Crippen LogP contribution in [0.2, 0.25) is 5.02 Å². The van der Waals surface area contributed by atoms with Crippen molar-refractivity contribution in [3.63, 3.8) is 0 Å². The second-order valence-corrected chi connectivity index (χ2v) is 5.67. The Morgan fingerprint density at radius 1 is 1.33 bits per heavy atom. The van der Waals surface area contributed by atoms with Crippen LogP contribution in [0.3, 0.4) is 0 Å². The lowest BCUT2D eigenvalue weighted by atomic mass is 10.3. The number of halogens is 2. The number of nitrogens with one attached hydrogen (secondary N) is 1. The predicted octanol–water partition coefficient (Wildman–Crippen LogP) is 3.32. The van der Waals surface area contributed by atoms with Gasteiger partial charge in [0.2, 0.25) is 0 Å². The molecular weight excluding hydrogens is 358 g/mol. The van der Waals surface area contributed by atoms with Gasteiger partial charge in [0.05, 0.1) is 10.7 Å². The molecule has 5 nitrogen and oxygen atoms in total. The first-order valence-corrected chi connectivity index (χ1v) is 7.45. The van der Waals surface area contributed by atoms with E-state index in [4.69, 9.17) is 16.0 Å². The Bertz CT molecular complexity index is 796. The van der Waals surface area contributed by atoms with Crippen LogP contribution in [0.25, 0.3) is 5.65 Å². The van der Waals surface area contributed by atoms with Crippen molar-refractivity contribution in [3.05, 3.63) is 57.8 Å². The van der Waals surface area contributed by atoms with Crippen LogP contribution in [0.4, 0.5) is 0 Å². The zero-order valence-electron chi connectivity index (χ0n) is 10.8. The number of imidazole rings is 1. The first-order chi connectivity index (χ1) is 10.1. The molecule has 0 aromatic carbocycles. The zero-order chi connectivity index (χ0) is 14.8. The summed E-state index contributed by atoms with van der Waals surface area (Å²) in [5, 5.41) is 3.44. The van der Waals surface area contributed by atoms with Gasteiger partial charge in [-0.1, -0.05) is 11.6 Å². The summed E-state index contributed by atoms with van der Waals surface area (Å²) < 4.78 is 7.58. The van der Waals surface area contributed by atoms with Crippen LogP contribution in [-0.4, -0.2) is 21.8 Å². The number of rotatable bonds is 4. The number of aromatic nitrogens is 2. The lowest BCUT2D eigenvalue weighted by molar-refractivity contribution is 0.0925. The Hall–Kier alpha value is -1.79. The molecular formula is C14H11BrClN3O2. The van der Waals surface area contributed by atoms with Crippen molar-refractivity contribution in [2.24, 2.45) is 0 Å². The molecule has 0 saturated carbocycles. The molecule has 3 rings (SSSR count). The minimum absolute atomic E-state index is 0.243. The summed E-state index contributed by atoms with van der Waals surface area (Å²) in [6.45, 7) is 0.481. The molecule has 0 aliphatic heterocycles. The lowest BCUT2D eigenvalue weighted by Gasteiger charge is -2.00. The van der Waals surface area contributed by atoms with Crippen LogP contribution in [0, 0.1) is 0 Å². The fraction of sp³-hybridized carbons (Fsp3) is 0.143. The van der Waals surface area contributed by atoms with Gasteiger partial charge in [-0.3, -0.25) is 4.79 Å². The van der Waals surface area contributed by atoms with Crippen LogP contribution < -0.4 is 5.32 Å². The number of amides is 1. The number of pyridine rings is 1. The molecule has 0 aliphatic rings. The summed E-state index contributed by atoms with van der Waals surface area (Å²) in [7, 11) is 0. The fourth-order valence-corrected chi connectivity index (χ4v) is 2.44. The highest BCUT2D eigenvalue weighted by atomic mass is 79.9. The highest BCUT2D eigenvalue weighted by Crippen LogP contribution is 2.14. The molecule has 0 saturated heterocycles. The maximum atomic E-state index is 11.8. The number of carbonyl (C=O) groups is 1. The number of fused-ring (bicyclic) bond motifs is 1. The Labute approximate surface area is 134 Å². The normalized spacial score (nSPS) is 11.0. The van der Waals surface area contributed by atoms with Crippen molar-refractivity contribution in [3.8, 4) is 0 Å². The molecule has 0 atom stereocenters. The average molecular weight is 369 g/mol. The van der Waals surface area contributed by atoms with E-state index in [-0.39, 0.29) is 11.7 Å².